The SMILES string of the molecule is COC(=O)C(c1ccccc1)C1CCCC(=O)C1. The molecule has 2 atom stereocenters. The number of esters is 1. The van der Waals surface area contributed by atoms with Crippen LogP contribution in [0.1, 0.15) is 37.2 Å². The number of carbonyl (C=O) groups is 2. The van der Waals surface area contributed by atoms with Crippen LogP contribution in [0.25, 0.3) is 0 Å². The molecule has 0 amide bonds. The summed E-state index contributed by atoms with van der Waals surface area (Å²) >= 11 is 0. The second kappa shape index (κ2) is 5.80. The Morgan fingerprint density at radius 2 is 2.06 bits per heavy atom. The van der Waals surface area contributed by atoms with Gasteiger partial charge in [-0.25, -0.2) is 0 Å². The molecule has 3 nitrogen and oxygen atoms in total. The average Bonchev–Trinajstić information content (AvgIpc) is 2.40. The van der Waals surface area contributed by atoms with Gasteiger partial charge in [0, 0.05) is 12.8 Å². The standard InChI is InChI=1S/C15H18O3/c1-18-15(17)14(11-6-3-2-4-7-11)12-8-5-9-13(16)10-12/h2-4,6-7,12,14H,5,8-10H2,1H3. The highest BCUT2D eigenvalue weighted by Crippen LogP contribution is 2.35. The van der Waals surface area contributed by atoms with Gasteiger partial charge in [0.25, 0.3) is 0 Å². The van der Waals surface area contributed by atoms with Crippen LogP contribution in [0.15, 0.2) is 30.3 Å². The zero-order valence-corrected chi connectivity index (χ0v) is 10.6. The molecule has 18 heavy (non-hydrogen) atoms. The van der Waals surface area contributed by atoms with E-state index in [-0.39, 0.29) is 23.6 Å². The van der Waals surface area contributed by atoms with E-state index in [2.05, 4.69) is 0 Å². The van der Waals surface area contributed by atoms with Gasteiger partial charge in [0.1, 0.15) is 5.78 Å². The van der Waals surface area contributed by atoms with Gasteiger partial charge in [-0.1, -0.05) is 30.3 Å². The van der Waals surface area contributed by atoms with Crippen LogP contribution in [0.3, 0.4) is 0 Å². The van der Waals surface area contributed by atoms with Crippen molar-refractivity contribution in [3.8, 4) is 0 Å². The van der Waals surface area contributed by atoms with E-state index in [9.17, 15) is 9.59 Å². The summed E-state index contributed by atoms with van der Waals surface area (Å²) in [6.07, 6.45) is 2.94. The summed E-state index contributed by atoms with van der Waals surface area (Å²) < 4.78 is 4.90. The molecule has 1 saturated carbocycles. The molecule has 0 bridgehead atoms. The van der Waals surface area contributed by atoms with Crippen molar-refractivity contribution in [2.24, 2.45) is 5.92 Å². The molecule has 3 heteroatoms. The average molecular weight is 246 g/mol. The number of rotatable bonds is 3. The number of carbonyl (C=O) groups excluding carboxylic acids is 2. The van der Waals surface area contributed by atoms with Gasteiger partial charge in [-0.3, -0.25) is 9.59 Å². The molecule has 0 aromatic heterocycles. The maximum Gasteiger partial charge on any atom is 0.313 e. The molecule has 2 rings (SSSR count). The fourth-order valence-electron chi connectivity index (χ4n) is 2.73. The van der Waals surface area contributed by atoms with Crippen LogP contribution in [0.4, 0.5) is 0 Å². The quantitative estimate of drug-likeness (QED) is 0.770. The van der Waals surface area contributed by atoms with Crippen molar-refractivity contribution in [2.45, 2.75) is 31.6 Å². The maximum atomic E-state index is 12.0. The van der Waals surface area contributed by atoms with Crippen molar-refractivity contribution >= 4 is 11.8 Å². The highest BCUT2D eigenvalue weighted by atomic mass is 16.5. The van der Waals surface area contributed by atoms with Crippen LogP contribution >= 0.6 is 0 Å². The van der Waals surface area contributed by atoms with E-state index in [1.807, 2.05) is 30.3 Å². The van der Waals surface area contributed by atoms with Crippen molar-refractivity contribution in [1.29, 1.82) is 0 Å². The third kappa shape index (κ3) is 2.78. The molecular formula is C15H18O3. The Hall–Kier alpha value is -1.64. The number of hydrogen-bond donors (Lipinski definition) is 0. The van der Waals surface area contributed by atoms with Gasteiger partial charge < -0.3 is 4.74 Å². The van der Waals surface area contributed by atoms with Gasteiger partial charge in [-0.2, -0.15) is 0 Å². The fourth-order valence-corrected chi connectivity index (χ4v) is 2.73. The monoisotopic (exact) mass is 246 g/mol. The lowest BCUT2D eigenvalue weighted by Gasteiger charge is -2.28. The summed E-state index contributed by atoms with van der Waals surface area (Å²) in [4.78, 5) is 23.6. The first-order valence-corrected chi connectivity index (χ1v) is 6.37. The van der Waals surface area contributed by atoms with E-state index in [4.69, 9.17) is 4.74 Å². The molecule has 2 unspecified atom stereocenters. The van der Waals surface area contributed by atoms with E-state index < -0.39 is 0 Å². The van der Waals surface area contributed by atoms with Gasteiger partial charge in [-0.15, -0.1) is 0 Å². The third-order valence-electron chi connectivity index (χ3n) is 3.61. The topological polar surface area (TPSA) is 43.4 Å². The smallest absolute Gasteiger partial charge is 0.313 e. The first-order chi connectivity index (χ1) is 8.72. The summed E-state index contributed by atoms with van der Waals surface area (Å²) in [5, 5.41) is 0. The van der Waals surface area contributed by atoms with Gasteiger partial charge in [-0.05, 0) is 24.3 Å². The van der Waals surface area contributed by atoms with Gasteiger partial charge in [0.15, 0.2) is 0 Å². The van der Waals surface area contributed by atoms with E-state index in [1.54, 1.807) is 0 Å². The predicted octanol–water partition coefficient (Wildman–Crippen LogP) is 2.70. The highest BCUT2D eigenvalue weighted by molar-refractivity contribution is 5.83. The van der Waals surface area contributed by atoms with Crippen LogP contribution in [0, 0.1) is 5.92 Å². The van der Waals surface area contributed by atoms with Crippen molar-refractivity contribution in [2.75, 3.05) is 7.11 Å². The molecule has 0 heterocycles. The second-order valence-electron chi connectivity index (χ2n) is 4.81. The lowest BCUT2D eigenvalue weighted by atomic mass is 9.76. The van der Waals surface area contributed by atoms with Crippen molar-refractivity contribution in [1.82, 2.24) is 0 Å². The number of ketones is 1. The van der Waals surface area contributed by atoms with Crippen LogP contribution in [-0.4, -0.2) is 18.9 Å². The molecule has 0 radical (unpaired) electrons. The second-order valence-corrected chi connectivity index (χ2v) is 4.81. The van der Waals surface area contributed by atoms with E-state index in [0.717, 1.165) is 18.4 Å². The van der Waals surface area contributed by atoms with Crippen molar-refractivity contribution in [3.63, 3.8) is 0 Å². The molecule has 0 spiro atoms. The molecule has 0 saturated heterocycles. The Morgan fingerprint density at radius 3 is 2.67 bits per heavy atom. The molecule has 1 aromatic rings. The van der Waals surface area contributed by atoms with Crippen LogP contribution in [0.2, 0.25) is 0 Å². The summed E-state index contributed by atoms with van der Waals surface area (Å²) in [6.45, 7) is 0. The maximum absolute atomic E-state index is 12.0. The Balaban J connectivity index is 2.25. The minimum Gasteiger partial charge on any atom is -0.469 e. The van der Waals surface area contributed by atoms with Crippen LogP contribution in [-0.2, 0) is 14.3 Å². The van der Waals surface area contributed by atoms with E-state index in [1.165, 1.54) is 7.11 Å². The largest absolute Gasteiger partial charge is 0.469 e. The molecule has 1 aromatic carbocycles. The van der Waals surface area contributed by atoms with E-state index >= 15 is 0 Å². The zero-order chi connectivity index (χ0) is 13.0. The Bertz CT molecular complexity index is 425. The number of methoxy groups -OCH3 is 1. The molecular weight excluding hydrogens is 228 g/mol. The van der Waals surface area contributed by atoms with Gasteiger partial charge in [0.05, 0.1) is 13.0 Å². The number of ether oxygens (including phenoxy) is 1. The van der Waals surface area contributed by atoms with Crippen molar-refractivity contribution in [3.05, 3.63) is 35.9 Å². The first kappa shape index (κ1) is 12.8. The Labute approximate surface area is 107 Å². The fraction of sp³-hybridized carbons (Fsp3) is 0.467. The third-order valence-corrected chi connectivity index (χ3v) is 3.61. The molecule has 1 aliphatic rings. The van der Waals surface area contributed by atoms with Gasteiger partial charge in [0.2, 0.25) is 0 Å². The predicted molar refractivity (Wildman–Crippen MR) is 68.2 cm³/mol. The molecule has 96 valence electrons. The Morgan fingerprint density at radius 1 is 1.33 bits per heavy atom. The number of benzene rings is 1. The molecule has 1 fully saturated rings. The van der Waals surface area contributed by atoms with Crippen molar-refractivity contribution < 1.29 is 14.3 Å². The summed E-state index contributed by atoms with van der Waals surface area (Å²) in [5.41, 5.74) is 0.948. The molecule has 0 N–H and O–H groups in total. The van der Waals surface area contributed by atoms with E-state index in [0.29, 0.717) is 12.8 Å². The molecule has 1 aliphatic carbocycles. The Kier molecular flexibility index (Phi) is 4.13. The highest BCUT2D eigenvalue weighted by Gasteiger charge is 2.33. The number of hydrogen-bond acceptors (Lipinski definition) is 3. The lowest BCUT2D eigenvalue weighted by Crippen LogP contribution is -2.27. The zero-order valence-electron chi connectivity index (χ0n) is 10.6. The minimum atomic E-state index is -0.305. The molecule has 0 aliphatic heterocycles. The minimum absolute atomic E-state index is 0.0844. The normalized spacial score (nSPS) is 21.4. The summed E-state index contributed by atoms with van der Waals surface area (Å²) in [6, 6.07) is 9.61. The summed E-state index contributed by atoms with van der Waals surface area (Å²) in [5.74, 6) is -0.196. The van der Waals surface area contributed by atoms with Crippen LogP contribution < -0.4 is 0 Å². The number of Topliss-reactive ketones (excluding diaryl/α,β-unsaturated/α-hetero) is 1. The lowest BCUT2D eigenvalue weighted by molar-refractivity contribution is -0.144. The first-order valence-electron chi connectivity index (χ1n) is 6.37. The van der Waals surface area contributed by atoms with Crippen LogP contribution in [0.5, 0.6) is 0 Å². The summed E-state index contributed by atoms with van der Waals surface area (Å²) in [7, 11) is 1.41. The van der Waals surface area contributed by atoms with Gasteiger partial charge >= 0.3 is 5.97 Å².